The van der Waals surface area contributed by atoms with Gasteiger partial charge in [-0.3, -0.25) is 4.79 Å². The van der Waals surface area contributed by atoms with Crippen LogP contribution < -0.4 is 11.1 Å². The molecule has 3 N–H and O–H groups in total. The molecular weight excluding hydrogens is 208 g/mol. The van der Waals surface area contributed by atoms with Crippen LogP contribution in [0.5, 0.6) is 0 Å². The van der Waals surface area contributed by atoms with E-state index in [0.717, 1.165) is 0 Å². The maximum absolute atomic E-state index is 11.9. The fourth-order valence-corrected chi connectivity index (χ4v) is 2.82. The quantitative estimate of drug-likeness (QED) is 0.711. The van der Waals surface area contributed by atoms with E-state index in [0.29, 0.717) is 16.8 Å². The molecule has 2 saturated carbocycles. The molecule has 2 aliphatic rings. The molecule has 0 radical (unpaired) electrons. The second kappa shape index (κ2) is 4.08. The summed E-state index contributed by atoms with van der Waals surface area (Å²) >= 11 is 4.83. The minimum absolute atomic E-state index is 0.159. The first kappa shape index (κ1) is 10.9. The summed E-state index contributed by atoms with van der Waals surface area (Å²) in [5.74, 6) is 1.71. The Morgan fingerprint density at radius 1 is 1.40 bits per heavy atom. The second-order valence-corrected chi connectivity index (χ2v) is 5.24. The average molecular weight is 226 g/mol. The molecule has 3 atom stereocenters. The Morgan fingerprint density at radius 3 is 2.40 bits per heavy atom. The van der Waals surface area contributed by atoms with Crippen LogP contribution in [-0.4, -0.2) is 16.9 Å². The summed E-state index contributed by atoms with van der Waals surface area (Å²) in [4.78, 5) is 12.2. The number of carbonyl (C=O) groups is 1. The first-order chi connectivity index (χ1) is 7.11. The lowest BCUT2D eigenvalue weighted by molar-refractivity contribution is -0.123. The van der Waals surface area contributed by atoms with E-state index < -0.39 is 0 Å². The summed E-state index contributed by atoms with van der Waals surface area (Å²) in [6, 6.07) is -0.171. The predicted octanol–water partition coefficient (Wildman–Crippen LogP) is 1.21. The van der Waals surface area contributed by atoms with Crippen molar-refractivity contribution in [1.82, 2.24) is 5.32 Å². The number of hydrogen-bond donors (Lipinski definition) is 2. The third kappa shape index (κ3) is 2.14. The Kier molecular flexibility index (Phi) is 2.96. The zero-order valence-corrected chi connectivity index (χ0v) is 9.85. The van der Waals surface area contributed by atoms with Crippen LogP contribution in [0.1, 0.15) is 32.6 Å². The fraction of sp³-hybridized carbons (Fsp3) is 0.818. The van der Waals surface area contributed by atoms with Crippen molar-refractivity contribution in [2.75, 3.05) is 0 Å². The minimum atomic E-state index is -0.171. The highest BCUT2D eigenvalue weighted by molar-refractivity contribution is 7.80. The van der Waals surface area contributed by atoms with E-state index in [1.807, 2.05) is 6.92 Å². The van der Waals surface area contributed by atoms with Crippen LogP contribution in [-0.2, 0) is 4.79 Å². The number of hydrogen-bond acceptors (Lipinski definition) is 2. The summed E-state index contributed by atoms with van der Waals surface area (Å²) in [5.41, 5.74) is 5.47. The van der Waals surface area contributed by atoms with Crippen LogP contribution in [0.3, 0.4) is 0 Å². The number of nitrogens with one attached hydrogen (secondary N) is 1. The maximum atomic E-state index is 11.9. The molecule has 1 amide bonds. The van der Waals surface area contributed by atoms with Crippen molar-refractivity contribution in [3.05, 3.63) is 0 Å². The highest BCUT2D eigenvalue weighted by Gasteiger charge is 2.54. The molecule has 3 nitrogen and oxygen atoms in total. The van der Waals surface area contributed by atoms with Gasteiger partial charge in [-0.15, -0.1) is 0 Å². The number of amides is 1. The molecule has 0 heterocycles. The number of nitrogens with two attached hydrogens (primary N) is 1. The van der Waals surface area contributed by atoms with Gasteiger partial charge in [0.25, 0.3) is 0 Å². The third-order valence-corrected chi connectivity index (χ3v) is 4.10. The molecule has 0 saturated heterocycles. The molecule has 4 heteroatoms. The van der Waals surface area contributed by atoms with Gasteiger partial charge in [0.05, 0.1) is 11.0 Å². The first-order valence-corrected chi connectivity index (χ1v) is 6.12. The van der Waals surface area contributed by atoms with Crippen LogP contribution in [0.2, 0.25) is 0 Å². The Hall–Kier alpha value is -0.640. The Bertz CT molecular complexity index is 280. The Balaban J connectivity index is 1.85. The van der Waals surface area contributed by atoms with Gasteiger partial charge in [-0.05, 0) is 31.6 Å². The SMILES string of the molecule is CC(NC(=O)C1C2CCCCC21)C(N)=S. The van der Waals surface area contributed by atoms with Crippen molar-refractivity contribution in [1.29, 1.82) is 0 Å². The molecular formula is C11H18N2OS. The second-order valence-electron chi connectivity index (χ2n) is 4.77. The highest BCUT2D eigenvalue weighted by Crippen LogP contribution is 2.55. The van der Waals surface area contributed by atoms with Crippen LogP contribution in [0.25, 0.3) is 0 Å². The molecule has 2 fully saturated rings. The lowest BCUT2D eigenvalue weighted by atomic mass is 10.0. The van der Waals surface area contributed by atoms with Crippen LogP contribution in [0.15, 0.2) is 0 Å². The predicted molar refractivity (Wildman–Crippen MR) is 63.3 cm³/mol. The van der Waals surface area contributed by atoms with Gasteiger partial charge in [-0.1, -0.05) is 25.1 Å². The molecule has 0 spiro atoms. The zero-order chi connectivity index (χ0) is 11.0. The van der Waals surface area contributed by atoms with Gasteiger partial charge in [-0.2, -0.15) is 0 Å². The molecule has 0 aliphatic heterocycles. The highest BCUT2D eigenvalue weighted by atomic mass is 32.1. The minimum Gasteiger partial charge on any atom is -0.392 e. The van der Waals surface area contributed by atoms with Crippen molar-refractivity contribution in [2.45, 2.75) is 38.6 Å². The smallest absolute Gasteiger partial charge is 0.224 e. The summed E-state index contributed by atoms with van der Waals surface area (Å²) in [6.07, 6.45) is 5.03. The molecule has 0 aromatic carbocycles. The maximum Gasteiger partial charge on any atom is 0.224 e. The van der Waals surface area contributed by atoms with Crippen molar-refractivity contribution < 1.29 is 4.79 Å². The van der Waals surface area contributed by atoms with Gasteiger partial charge in [0, 0.05) is 5.92 Å². The lowest BCUT2D eigenvalue weighted by Gasteiger charge is -2.11. The third-order valence-electron chi connectivity index (χ3n) is 3.74. The topological polar surface area (TPSA) is 55.1 Å². The van der Waals surface area contributed by atoms with Gasteiger partial charge in [0.1, 0.15) is 0 Å². The van der Waals surface area contributed by atoms with E-state index in [1.165, 1.54) is 25.7 Å². The van der Waals surface area contributed by atoms with Gasteiger partial charge in [0.2, 0.25) is 5.91 Å². The first-order valence-electron chi connectivity index (χ1n) is 5.71. The molecule has 84 valence electrons. The standard InChI is InChI=1S/C11H18N2OS/c1-6(10(12)15)13-11(14)9-7-4-2-3-5-8(7)9/h6-9H,2-5H2,1H3,(H2,12,15)(H,13,14). The molecule has 2 aliphatic carbocycles. The lowest BCUT2D eigenvalue weighted by Crippen LogP contribution is -2.42. The van der Waals surface area contributed by atoms with Gasteiger partial charge in [0.15, 0.2) is 0 Å². The molecule has 2 rings (SSSR count). The molecule has 15 heavy (non-hydrogen) atoms. The largest absolute Gasteiger partial charge is 0.392 e. The van der Waals surface area contributed by atoms with E-state index in [9.17, 15) is 4.79 Å². The zero-order valence-electron chi connectivity index (χ0n) is 9.03. The Labute approximate surface area is 95.8 Å². The number of fused-ring (bicyclic) bond motifs is 1. The van der Waals surface area contributed by atoms with Crippen molar-refractivity contribution >= 4 is 23.1 Å². The summed E-state index contributed by atoms with van der Waals surface area (Å²) in [6.45, 7) is 1.84. The number of carbonyl (C=O) groups excluding carboxylic acids is 1. The average Bonchev–Trinajstić information content (AvgIpc) is 2.91. The van der Waals surface area contributed by atoms with Gasteiger partial charge < -0.3 is 11.1 Å². The van der Waals surface area contributed by atoms with E-state index >= 15 is 0 Å². The normalized spacial score (nSPS) is 35.1. The van der Waals surface area contributed by atoms with Crippen LogP contribution in [0, 0.1) is 17.8 Å². The van der Waals surface area contributed by atoms with Crippen molar-refractivity contribution in [2.24, 2.45) is 23.5 Å². The van der Waals surface area contributed by atoms with Gasteiger partial charge >= 0.3 is 0 Å². The molecule has 0 aromatic rings. The van der Waals surface area contributed by atoms with Crippen molar-refractivity contribution in [3.8, 4) is 0 Å². The van der Waals surface area contributed by atoms with Crippen molar-refractivity contribution in [3.63, 3.8) is 0 Å². The molecule has 0 bridgehead atoms. The van der Waals surface area contributed by atoms with Crippen LogP contribution >= 0.6 is 12.2 Å². The van der Waals surface area contributed by atoms with E-state index in [-0.39, 0.29) is 17.9 Å². The van der Waals surface area contributed by atoms with E-state index in [4.69, 9.17) is 18.0 Å². The number of rotatable bonds is 3. The summed E-state index contributed by atoms with van der Waals surface area (Å²) in [7, 11) is 0. The summed E-state index contributed by atoms with van der Waals surface area (Å²) in [5, 5.41) is 2.89. The molecule has 0 aromatic heterocycles. The monoisotopic (exact) mass is 226 g/mol. The van der Waals surface area contributed by atoms with E-state index in [1.54, 1.807) is 0 Å². The van der Waals surface area contributed by atoms with E-state index in [2.05, 4.69) is 5.32 Å². The number of thiocarbonyl (C=S) groups is 1. The van der Waals surface area contributed by atoms with Gasteiger partial charge in [-0.25, -0.2) is 0 Å². The fourth-order valence-electron chi connectivity index (χ4n) is 2.76. The Morgan fingerprint density at radius 2 is 1.93 bits per heavy atom. The summed E-state index contributed by atoms with van der Waals surface area (Å²) < 4.78 is 0. The molecule has 3 unspecified atom stereocenters. The van der Waals surface area contributed by atoms with Crippen LogP contribution in [0.4, 0.5) is 0 Å².